The van der Waals surface area contributed by atoms with E-state index in [9.17, 15) is 4.79 Å². The number of carboxylic acids is 1. The zero-order valence-electron chi connectivity index (χ0n) is 8.68. The van der Waals surface area contributed by atoms with Crippen molar-refractivity contribution in [2.75, 3.05) is 0 Å². The van der Waals surface area contributed by atoms with Gasteiger partial charge in [-0.15, -0.1) is 0 Å². The number of hydrogen-bond acceptors (Lipinski definition) is 2. The molecule has 0 bridgehead atoms. The minimum Gasteiger partial charge on any atom is -0.478 e. The molecule has 2 rings (SSSR count). The van der Waals surface area contributed by atoms with Gasteiger partial charge in [0.15, 0.2) is 0 Å². The number of H-pyrrole nitrogens is 1. The first-order valence-corrected chi connectivity index (χ1v) is 5.07. The maximum absolute atomic E-state index is 11.0. The van der Waals surface area contributed by atoms with Crippen molar-refractivity contribution in [1.29, 1.82) is 0 Å². The molecule has 0 saturated heterocycles. The van der Waals surface area contributed by atoms with Crippen LogP contribution >= 0.6 is 0 Å². The summed E-state index contributed by atoms with van der Waals surface area (Å²) in [5.74, 6) is -0.00441. The third-order valence-corrected chi connectivity index (χ3v) is 2.43. The summed E-state index contributed by atoms with van der Waals surface area (Å²) in [6.45, 7) is 0. The first-order valence-electron chi connectivity index (χ1n) is 5.07. The molecule has 1 aromatic heterocycles. The number of aromatic nitrogens is 2. The summed E-state index contributed by atoms with van der Waals surface area (Å²) in [5.41, 5.74) is 1.21. The van der Waals surface area contributed by atoms with Crippen molar-refractivity contribution in [3.63, 3.8) is 0 Å². The van der Waals surface area contributed by atoms with Gasteiger partial charge in [0.25, 0.3) is 0 Å². The van der Waals surface area contributed by atoms with Crippen molar-refractivity contribution in [1.82, 2.24) is 9.97 Å². The molecule has 0 spiro atoms. The minimum absolute atomic E-state index is 0.369. The minimum atomic E-state index is -0.880. The highest BCUT2D eigenvalue weighted by Crippen LogP contribution is 2.11. The SMILES string of the molecule is O=C(O)c1ccccc1CCc1ncc[nH]1. The summed E-state index contributed by atoms with van der Waals surface area (Å²) in [4.78, 5) is 18.1. The van der Waals surface area contributed by atoms with Crippen molar-refractivity contribution in [3.8, 4) is 0 Å². The second-order valence-corrected chi connectivity index (χ2v) is 3.50. The van der Waals surface area contributed by atoms with Crippen LogP contribution in [-0.2, 0) is 12.8 Å². The Kier molecular flexibility index (Phi) is 3.00. The van der Waals surface area contributed by atoms with Crippen LogP contribution in [0.15, 0.2) is 36.7 Å². The topological polar surface area (TPSA) is 66.0 Å². The van der Waals surface area contributed by atoms with Gasteiger partial charge in [0.1, 0.15) is 5.82 Å². The summed E-state index contributed by atoms with van der Waals surface area (Å²) in [5, 5.41) is 9.00. The maximum atomic E-state index is 11.0. The van der Waals surface area contributed by atoms with E-state index < -0.39 is 5.97 Å². The quantitative estimate of drug-likeness (QED) is 0.820. The van der Waals surface area contributed by atoms with E-state index in [0.29, 0.717) is 12.0 Å². The monoisotopic (exact) mass is 216 g/mol. The summed E-state index contributed by atoms with van der Waals surface area (Å²) >= 11 is 0. The van der Waals surface area contributed by atoms with E-state index in [0.717, 1.165) is 17.8 Å². The Hall–Kier alpha value is -2.10. The molecule has 1 heterocycles. The van der Waals surface area contributed by atoms with Crippen LogP contribution in [0.1, 0.15) is 21.7 Å². The Morgan fingerprint density at radius 3 is 2.81 bits per heavy atom. The highest BCUT2D eigenvalue weighted by molar-refractivity contribution is 5.89. The van der Waals surface area contributed by atoms with Gasteiger partial charge in [-0.3, -0.25) is 0 Å². The van der Waals surface area contributed by atoms with Crippen LogP contribution in [0.2, 0.25) is 0 Å². The first kappa shape index (κ1) is 10.4. The predicted molar refractivity (Wildman–Crippen MR) is 59.4 cm³/mol. The number of aromatic carboxylic acids is 1. The Morgan fingerprint density at radius 2 is 2.12 bits per heavy atom. The summed E-state index contributed by atoms with van der Waals surface area (Å²) in [7, 11) is 0. The van der Waals surface area contributed by atoms with Crippen LogP contribution < -0.4 is 0 Å². The molecule has 0 atom stereocenters. The highest BCUT2D eigenvalue weighted by Gasteiger charge is 2.08. The number of benzene rings is 1. The molecular weight excluding hydrogens is 204 g/mol. The normalized spacial score (nSPS) is 10.2. The van der Waals surface area contributed by atoms with E-state index in [1.54, 1.807) is 24.5 Å². The molecule has 0 aliphatic rings. The second-order valence-electron chi connectivity index (χ2n) is 3.50. The number of carboxylic acid groups (broad SMARTS) is 1. The standard InChI is InChI=1S/C12H12N2O2/c15-12(16)10-4-2-1-3-9(10)5-6-11-13-7-8-14-11/h1-4,7-8H,5-6H2,(H,13,14)(H,15,16). The summed E-state index contributed by atoms with van der Waals surface area (Å²) < 4.78 is 0. The van der Waals surface area contributed by atoms with Gasteiger partial charge in [0.05, 0.1) is 5.56 Å². The number of hydrogen-bond donors (Lipinski definition) is 2. The summed E-state index contributed by atoms with van der Waals surface area (Å²) in [6.07, 6.45) is 4.85. The van der Waals surface area contributed by atoms with Crippen LogP contribution in [0.3, 0.4) is 0 Å². The molecule has 0 unspecified atom stereocenters. The maximum Gasteiger partial charge on any atom is 0.335 e. The number of aromatic amines is 1. The fourth-order valence-electron chi connectivity index (χ4n) is 1.63. The number of rotatable bonds is 4. The summed E-state index contributed by atoms with van der Waals surface area (Å²) in [6, 6.07) is 7.05. The molecule has 4 nitrogen and oxygen atoms in total. The average molecular weight is 216 g/mol. The molecule has 1 aromatic carbocycles. The Bertz CT molecular complexity index is 478. The number of imidazole rings is 1. The van der Waals surface area contributed by atoms with Crippen molar-refractivity contribution in [3.05, 3.63) is 53.6 Å². The smallest absolute Gasteiger partial charge is 0.335 e. The molecular formula is C12H12N2O2. The van der Waals surface area contributed by atoms with E-state index in [1.807, 2.05) is 12.1 Å². The van der Waals surface area contributed by atoms with E-state index >= 15 is 0 Å². The number of nitrogens with zero attached hydrogens (tertiary/aromatic N) is 1. The molecule has 0 aliphatic carbocycles. The van der Waals surface area contributed by atoms with Crippen LogP contribution in [-0.4, -0.2) is 21.0 Å². The Balaban J connectivity index is 2.12. The van der Waals surface area contributed by atoms with Gasteiger partial charge in [-0.2, -0.15) is 0 Å². The largest absolute Gasteiger partial charge is 0.478 e. The lowest BCUT2D eigenvalue weighted by Gasteiger charge is -2.04. The molecule has 4 heteroatoms. The third kappa shape index (κ3) is 2.28. The highest BCUT2D eigenvalue weighted by atomic mass is 16.4. The number of aryl methyl sites for hydroxylation is 2. The lowest BCUT2D eigenvalue weighted by Crippen LogP contribution is -2.03. The zero-order chi connectivity index (χ0) is 11.4. The van der Waals surface area contributed by atoms with E-state index in [4.69, 9.17) is 5.11 Å². The van der Waals surface area contributed by atoms with E-state index in [-0.39, 0.29) is 0 Å². The molecule has 0 saturated carbocycles. The molecule has 0 radical (unpaired) electrons. The van der Waals surface area contributed by atoms with Crippen LogP contribution in [0.25, 0.3) is 0 Å². The molecule has 2 aromatic rings. The Labute approximate surface area is 93.0 Å². The van der Waals surface area contributed by atoms with Crippen molar-refractivity contribution < 1.29 is 9.90 Å². The lowest BCUT2D eigenvalue weighted by atomic mass is 10.0. The molecule has 0 aliphatic heterocycles. The second kappa shape index (κ2) is 4.61. The molecule has 0 fully saturated rings. The number of nitrogens with one attached hydrogen (secondary N) is 1. The molecule has 2 N–H and O–H groups in total. The van der Waals surface area contributed by atoms with Gasteiger partial charge < -0.3 is 10.1 Å². The fourth-order valence-corrected chi connectivity index (χ4v) is 1.63. The van der Waals surface area contributed by atoms with Crippen LogP contribution in [0.5, 0.6) is 0 Å². The zero-order valence-corrected chi connectivity index (χ0v) is 8.68. The molecule has 16 heavy (non-hydrogen) atoms. The van der Waals surface area contributed by atoms with Crippen molar-refractivity contribution in [2.24, 2.45) is 0 Å². The average Bonchev–Trinajstić information content (AvgIpc) is 2.79. The van der Waals surface area contributed by atoms with Gasteiger partial charge in [-0.25, -0.2) is 9.78 Å². The number of carbonyl (C=O) groups is 1. The third-order valence-electron chi connectivity index (χ3n) is 2.43. The van der Waals surface area contributed by atoms with Crippen molar-refractivity contribution in [2.45, 2.75) is 12.8 Å². The van der Waals surface area contributed by atoms with Gasteiger partial charge in [0.2, 0.25) is 0 Å². The van der Waals surface area contributed by atoms with E-state index in [1.165, 1.54) is 0 Å². The fraction of sp³-hybridized carbons (Fsp3) is 0.167. The predicted octanol–water partition coefficient (Wildman–Crippen LogP) is 1.89. The lowest BCUT2D eigenvalue weighted by molar-refractivity contribution is 0.0695. The van der Waals surface area contributed by atoms with Crippen molar-refractivity contribution >= 4 is 5.97 Å². The van der Waals surface area contributed by atoms with Crippen LogP contribution in [0.4, 0.5) is 0 Å². The first-order chi connectivity index (χ1) is 7.77. The Morgan fingerprint density at radius 1 is 1.31 bits per heavy atom. The molecule has 82 valence electrons. The van der Waals surface area contributed by atoms with Gasteiger partial charge >= 0.3 is 5.97 Å². The van der Waals surface area contributed by atoms with E-state index in [2.05, 4.69) is 9.97 Å². The van der Waals surface area contributed by atoms with Gasteiger partial charge in [-0.05, 0) is 18.1 Å². The van der Waals surface area contributed by atoms with Crippen LogP contribution in [0, 0.1) is 0 Å². The van der Waals surface area contributed by atoms with Gasteiger partial charge in [0, 0.05) is 18.8 Å². The molecule has 0 amide bonds. The van der Waals surface area contributed by atoms with Gasteiger partial charge in [-0.1, -0.05) is 18.2 Å².